The third-order valence-electron chi connectivity index (χ3n) is 2.12. The van der Waals surface area contributed by atoms with E-state index in [-0.39, 0.29) is 5.91 Å². The fraction of sp³-hybridized carbons (Fsp3) is 0.0909. The molecule has 0 saturated heterocycles. The van der Waals surface area contributed by atoms with Gasteiger partial charge in [0.05, 0.1) is 12.2 Å². The molecule has 0 aliphatic heterocycles. The van der Waals surface area contributed by atoms with Gasteiger partial charge in [0, 0.05) is 21.3 Å². The number of nitrogens with zero attached hydrogens (tertiary/aromatic N) is 1. The van der Waals surface area contributed by atoms with Crippen LogP contribution in [0.2, 0.25) is 5.02 Å². The summed E-state index contributed by atoms with van der Waals surface area (Å²) < 4.78 is 0.775. The van der Waals surface area contributed by atoms with Crippen LogP contribution in [-0.2, 0) is 6.54 Å². The maximum atomic E-state index is 11.8. The van der Waals surface area contributed by atoms with Crippen LogP contribution in [0.1, 0.15) is 16.1 Å². The molecule has 17 heavy (non-hydrogen) atoms. The fourth-order valence-electron chi connectivity index (χ4n) is 1.35. The van der Waals surface area contributed by atoms with Crippen LogP contribution in [0.25, 0.3) is 0 Å². The Hall–Kier alpha value is -1.33. The van der Waals surface area contributed by atoms with Crippen LogP contribution >= 0.6 is 27.5 Å². The summed E-state index contributed by atoms with van der Waals surface area (Å²) >= 11 is 9.16. The molecule has 0 radical (unpaired) electrons. The second-order valence-electron chi connectivity index (χ2n) is 3.42. The summed E-state index contributed by atoms with van der Waals surface area (Å²) in [7, 11) is 0. The summed E-state index contributed by atoms with van der Waals surface area (Å²) in [6.07, 6.45) is 1.64. The predicted octanol–water partition coefficient (Wildman–Crippen LogP) is 2.76. The highest BCUT2D eigenvalue weighted by molar-refractivity contribution is 9.10. The van der Waals surface area contributed by atoms with Gasteiger partial charge < -0.3 is 5.32 Å². The van der Waals surface area contributed by atoms with Crippen LogP contribution < -0.4 is 5.32 Å². The van der Waals surface area contributed by atoms with E-state index in [1.54, 1.807) is 30.5 Å². The zero-order valence-electron chi connectivity index (χ0n) is 8.71. The van der Waals surface area contributed by atoms with Gasteiger partial charge in [-0.3, -0.25) is 9.89 Å². The molecule has 0 spiro atoms. The Morgan fingerprint density at radius 3 is 2.94 bits per heavy atom. The Morgan fingerprint density at radius 2 is 2.29 bits per heavy atom. The number of halogens is 2. The Kier molecular flexibility index (Phi) is 3.81. The van der Waals surface area contributed by atoms with Gasteiger partial charge in [0.1, 0.15) is 0 Å². The van der Waals surface area contributed by atoms with E-state index in [1.807, 2.05) is 0 Å². The van der Waals surface area contributed by atoms with Crippen molar-refractivity contribution in [2.75, 3.05) is 0 Å². The number of amides is 1. The lowest BCUT2D eigenvalue weighted by Crippen LogP contribution is -2.22. The molecule has 1 aromatic heterocycles. The molecule has 0 atom stereocenters. The second-order valence-corrected chi connectivity index (χ2v) is 4.77. The number of benzene rings is 1. The number of nitrogens with one attached hydrogen (secondary N) is 2. The Labute approximate surface area is 111 Å². The van der Waals surface area contributed by atoms with Crippen molar-refractivity contribution in [1.82, 2.24) is 15.5 Å². The van der Waals surface area contributed by atoms with Crippen molar-refractivity contribution in [3.05, 3.63) is 51.2 Å². The van der Waals surface area contributed by atoms with Crippen molar-refractivity contribution in [1.29, 1.82) is 0 Å². The molecule has 6 heteroatoms. The molecule has 2 rings (SSSR count). The van der Waals surface area contributed by atoms with Gasteiger partial charge in [-0.1, -0.05) is 27.5 Å². The van der Waals surface area contributed by atoms with Crippen molar-refractivity contribution in [2.45, 2.75) is 6.54 Å². The third kappa shape index (κ3) is 3.31. The largest absolute Gasteiger partial charge is 0.346 e. The molecule has 1 amide bonds. The van der Waals surface area contributed by atoms with Gasteiger partial charge >= 0.3 is 0 Å². The molecule has 1 heterocycles. The van der Waals surface area contributed by atoms with Gasteiger partial charge in [0.2, 0.25) is 0 Å². The highest BCUT2D eigenvalue weighted by Gasteiger charge is 2.07. The zero-order valence-corrected chi connectivity index (χ0v) is 11.0. The average molecular weight is 315 g/mol. The van der Waals surface area contributed by atoms with Gasteiger partial charge in [-0.15, -0.1) is 0 Å². The Balaban J connectivity index is 2.04. The van der Waals surface area contributed by atoms with E-state index in [0.29, 0.717) is 17.1 Å². The number of H-pyrrole nitrogens is 1. The predicted molar refractivity (Wildman–Crippen MR) is 68.9 cm³/mol. The summed E-state index contributed by atoms with van der Waals surface area (Å²) in [5.74, 6) is -0.178. The quantitative estimate of drug-likeness (QED) is 0.915. The second kappa shape index (κ2) is 5.33. The number of aromatic nitrogens is 2. The standard InChI is InChI=1S/C11H9BrClN3O/c12-8-3-7(4-9(13)5-8)11(17)14-6-10-1-2-15-16-10/h1-5H,6H2,(H,14,17)(H,15,16). The minimum Gasteiger partial charge on any atom is -0.346 e. The summed E-state index contributed by atoms with van der Waals surface area (Å²) in [6.45, 7) is 0.406. The summed E-state index contributed by atoms with van der Waals surface area (Å²) in [4.78, 5) is 11.8. The zero-order chi connectivity index (χ0) is 12.3. The van der Waals surface area contributed by atoms with E-state index >= 15 is 0 Å². The van der Waals surface area contributed by atoms with Crippen LogP contribution in [0.5, 0.6) is 0 Å². The molecular weight excluding hydrogens is 305 g/mol. The molecule has 4 nitrogen and oxygen atoms in total. The first-order valence-corrected chi connectivity index (χ1v) is 6.05. The molecule has 0 aliphatic carbocycles. The fourth-order valence-corrected chi connectivity index (χ4v) is 2.21. The lowest BCUT2D eigenvalue weighted by molar-refractivity contribution is 0.0950. The smallest absolute Gasteiger partial charge is 0.251 e. The molecule has 2 aromatic rings. The highest BCUT2D eigenvalue weighted by Crippen LogP contribution is 2.19. The molecule has 2 N–H and O–H groups in total. The number of aromatic amines is 1. The van der Waals surface area contributed by atoms with E-state index in [2.05, 4.69) is 31.4 Å². The first-order valence-electron chi connectivity index (χ1n) is 4.88. The van der Waals surface area contributed by atoms with E-state index in [4.69, 9.17) is 11.6 Å². The van der Waals surface area contributed by atoms with E-state index in [1.165, 1.54) is 0 Å². The number of carbonyl (C=O) groups excluding carboxylic acids is 1. The normalized spacial score (nSPS) is 10.2. The van der Waals surface area contributed by atoms with Gasteiger partial charge in [-0.05, 0) is 24.3 Å². The lowest BCUT2D eigenvalue weighted by Gasteiger charge is -2.04. The van der Waals surface area contributed by atoms with Crippen LogP contribution in [0.4, 0.5) is 0 Å². The van der Waals surface area contributed by atoms with Crippen LogP contribution in [-0.4, -0.2) is 16.1 Å². The summed E-state index contributed by atoms with van der Waals surface area (Å²) in [5.41, 5.74) is 1.36. The SMILES string of the molecule is O=C(NCc1ccn[nH]1)c1cc(Cl)cc(Br)c1. The number of rotatable bonds is 3. The topological polar surface area (TPSA) is 57.8 Å². The van der Waals surface area contributed by atoms with Crippen molar-refractivity contribution in [2.24, 2.45) is 0 Å². The summed E-state index contributed by atoms with van der Waals surface area (Å²) in [6, 6.07) is 6.87. The van der Waals surface area contributed by atoms with Crippen LogP contribution in [0.3, 0.4) is 0 Å². The molecule has 88 valence electrons. The Morgan fingerprint density at radius 1 is 1.47 bits per heavy atom. The molecule has 0 aliphatic rings. The number of carbonyl (C=O) groups is 1. The maximum absolute atomic E-state index is 11.8. The first kappa shape index (κ1) is 12.1. The highest BCUT2D eigenvalue weighted by atomic mass is 79.9. The Bertz CT molecular complexity index is 507. The minimum atomic E-state index is -0.178. The van der Waals surface area contributed by atoms with E-state index in [9.17, 15) is 4.79 Å². The minimum absolute atomic E-state index is 0.178. The van der Waals surface area contributed by atoms with Gasteiger partial charge in [0.15, 0.2) is 0 Å². The van der Waals surface area contributed by atoms with Crippen molar-refractivity contribution in [3.63, 3.8) is 0 Å². The molecular formula is C11H9BrClN3O. The number of hydrogen-bond acceptors (Lipinski definition) is 2. The van der Waals surface area contributed by atoms with E-state index in [0.717, 1.165) is 10.2 Å². The van der Waals surface area contributed by atoms with Crippen molar-refractivity contribution in [3.8, 4) is 0 Å². The van der Waals surface area contributed by atoms with Crippen LogP contribution in [0, 0.1) is 0 Å². The summed E-state index contributed by atoms with van der Waals surface area (Å²) in [5, 5.41) is 9.85. The molecule has 0 unspecified atom stereocenters. The molecule has 1 aromatic carbocycles. The van der Waals surface area contributed by atoms with Crippen molar-refractivity contribution < 1.29 is 4.79 Å². The van der Waals surface area contributed by atoms with Gasteiger partial charge in [0.25, 0.3) is 5.91 Å². The molecule has 0 fully saturated rings. The van der Waals surface area contributed by atoms with Crippen molar-refractivity contribution >= 4 is 33.4 Å². The van der Waals surface area contributed by atoms with Gasteiger partial charge in [-0.25, -0.2) is 0 Å². The lowest BCUT2D eigenvalue weighted by atomic mass is 10.2. The van der Waals surface area contributed by atoms with Crippen LogP contribution in [0.15, 0.2) is 34.9 Å². The first-order chi connectivity index (χ1) is 8.15. The number of hydrogen-bond donors (Lipinski definition) is 2. The average Bonchev–Trinajstić information content (AvgIpc) is 2.77. The van der Waals surface area contributed by atoms with E-state index < -0.39 is 0 Å². The third-order valence-corrected chi connectivity index (χ3v) is 2.80. The molecule has 0 saturated carbocycles. The molecule has 0 bridgehead atoms. The van der Waals surface area contributed by atoms with Gasteiger partial charge in [-0.2, -0.15) is 5.10 Å². The maximum Gasteiger partial charge on any atom is 0.251 e. The monoisotopic (exact) mass is 313 g/mol.